The van der Waals surface area contributed by atoms with Crippen molar-refractivity contribution in [3.8, 4) is 0 Å². The van der Waals surface area contributed by atoms with Gasteiger partial charge in [-0.2, -0.15) is 0 Å². The molecule has 0 spiro atoms. The van der Waals surface area contributed by atoms with Gasteiger partial charge in [0, 0.05) is 10.0 Å². The minimum atomic E-state index is -0.835. The molecule has 80 valence electrons. The summed E-state index contributed by atoms with van der Waals surface area (Å²) < 4.78 is 0.993. The van der Waals surface area contributed by atoms with Crippen molar-refractivity contribution in [3.05, 3.63) is 39.9 Å². The first-order chi connectivity index (χ1) is 7.06. The van der Waals surface area contributed by atoms with Gasteiger partial charge in [-0.15, -0.1) is 0 Å². The Kier molecular flexibility index (Phi) is 4.09. The predicted molar refractivity (Wildman–Crippen MR) is 64.7 cm³/mol. The van der Waals surface area contributed by atoms with Gasteiger partial charge >= 0.3 is 5.97 Å². The van der Waals surface area contributed by atoms with E-state index in [9.17, 15) is 4.79 Å². The highest BCUT2D eigenvalue weighted by molar-refractivity contribution is 9.10. The standard InChI is InChI=1S/C12H13BrO2/c1-3-11(12(14)15)8(2)9-4-6-10(13)7-5-9/h4-7H,3H2,1-2H3,(H,14,15). The van der Waals surface area contributed by atoms with Crippen LogP contribution in [0.25, 0.3) is 5.57 Å². The Hall–Kier alpha value is -1.09. The smallest absolute Gasteiger partial charge is 0.331 e. The maximum Gasteiger partial charge on any atom is 0.331 e. The van der Waals surface area contributed by atoms with Crippen LogP contribution in [-0.2, 0) is 4.79 Å². The molecule has 0 bridgehead atoms. The monoisotopic (exact) mass is 268 g/mol. The number of aliphatic carboxylic acids is 1. The maximum absolute atomic E-state index is 10.9. The quantitative estimate of drug-likeness (QED) is 0.849. The summed E-state index contributed by atoms with van der Waals surface area (Å²) >= 11 is 3.35. The predicted octanol–water partition coefficient (Wildman–Crippen LogP) is 3.72. The average Bonchev–Trinajstić information content (AvgIpc) is 2.19. The molecule has 0 saturated carbocycles. The van der Waals surface area contributed by atoms with Crippen molar-refractivity contribution in [1.29, 1.82) is 0 Å². The van der Waals surface area contributed by atoms with E-state index in [0.29, 0.717) is 12.0 Å². The van der Waals surface area contributed by atoms with Gasteiger partial charge in [-0.05, 0) is 36.6 Å². The lowest BCUT2D eigenvalue weighted by Crippen LogP contribution is -2.01. The lowest BCUT2D eigenvalue weighted by Gasteiger charge is -2.06. The number of carboxylic acids is 1. The summed E-state index contributed by atoms with van der Waals surface area (Å²) in [5.74, 6) is -0.835. The van der Waals surface area contributed by atoms with E-state index in [1.165, 1.54) is 0 Å². The van der Waals surface area contributed by atoms with Crippen LogP contribution in [-0.4, -0.2) is 11.1 Å². The van der Waals surface area contributed by atoms with Crippen molar-refractivity contribution >= 4 is 27.5 Å². The van der Waals surface area contributed by atoms with E-state index in [2.05, 4.69) is 15.9 Å². The third-order valence-corrected chi connectivity index (χ3v) is 2.87. The van der Waals surface area contributed by atoms with Crippen LogP contribution in [0.4, 0.5) is 0 Å². The molecule has 15 heavy (non-hydrogen) atoms. The molecule has 0 heterocycles. The Labute approximate surface area is 97.8 Å². The first kappa shape index (κ1) is 12.0. The number of allylic oxidation sites excluding steroid dienone is 1. The summed E-state index contributed by atoms with van der Waals surface area (Å²) in [5.41, 5.74) is 2.26. The molecule has 1 N–H and O–H groups in total. The highest BCUT2D eigenvalue weighted by Crippen LogP contribution is 2.22. The van der Waals surface area contributed by atoms with Gasteiger partial charge < -0.3 is 5.11 Å². The molecule has 0 aliphatic heterocycles. The molecular formula is C12H13BrO2. The van der Waals surface area contributed by atoms with Gasteiger partial charge in [0.1, 0.15) is 0 Å². The number of halogens is 1. The molecule has 1 aromatic rings. The van der Waals surface area contributed by atoms with Crippen LogP contribution in [0.1, 0.15) is 25.8 Å². The Bertz CT molecular complexity index is 391. The summed E-state index contributed by atoms with van der Waals surface area (Å²) in [7, 11) is 0. The van der Waals surface area contributed by atoms with Crippen molar-refractivity contribution in [2.45, 2.75) is 20.3 Å². The SMILES string of the molecule is CCC(C(=O)O)=C(C)c1ccc(Br)cc1. The van der Waals surface area contributed by atoms with Crippen molar-refractivity contribution in [3.63, 3.8) is 0 Å². The molecule has 0 atom stereocenters. The fraction of sp³-hybridized carbons (Fsp3) is 0.250. The Balaban J connectivity index is 3.16. The summed E-state index contributed by atoms with van der Waals surface area (Å²) in [6.45, 7) is 3.70. The van der Waals surface area contributed by atoms with Crippen LogP contribution in [0.15, 0.2) is 34.3 Å². The maximum atomic E-state index is 10.9. The Morgan fingerprint density at radius 1 is 1.33 bits per heavy atom. The van der Waals surface area contributed by atoms with Crippen molar-refractivity contribution in [2.75, 3.05) is 0 Å². The summed E-state index contributed by atoms with van der Waals surface area (Å²) in [4.78, 5) is 10.9. The molecule has 0 aliphatic rings. The van der Waals surface area contributed by atoms with Crippen LogP contribution in [0.3, 0.4) is 0 Å². The van der Waals surface area contributed by atoms with Gasteiger partial charge in [0.05, 0.1) is 0 Å². The van der Waals surface area contributed by atoms with Crippen LogP contribution >= 0.6 is 15.9 Å². The van der Waals surface area contributed by atoms with Crippen LogP contribution in [0, 0.1) is 0 Å². The van der Waals surface area contributed by atoms with Crippen molar-refractivity contribution in [1.82, 2.24) is 0 Å². The zero-order valence-corrected chi connectivity index (χ0v) is 10.3. The minimum Gasteiger partial charge on any atom is -0.478 e. The molecule has 0 unspecified atom stereocenters. The molecule has 0 radical (unpaired) electrons. The molecule has 2 nitrogen and oxygen atoms in total. The van der Waals surface area contributed by atoms with E-state index in [4.69, 9.17) is 5.11 Å². The number of carbonyl (C=O) groups is 1. The number of hydrogen-bond donors (Lipinski definition) is 1. The van der Waals surface area contributed by atoms with E-state index in [0.717, 1.165) is 15.6 Å². The number of rotatable bonds is 3. The second-order valence-corrected chi connectivity index (χ2v) is 4.18. The van der Waals surface area contributed by atoms with Crippen LogP contribution < -0.4 is 0 Å². The van der Waals surface area contributed by atoms with E-state index >= 15 is 0 Å². The van der Waals surface area contributed by atoms with E-state index in [1.807, 2.05) is 38.1 Å². The fourth-order valence-corrected chi connectivity index (χ4v) is 1.72. The Morgan fingerprint density at radius 2 is 1.87 bits per heavy atom. The van der Waals surface area contributed by atoms with E-state index in [-0.39, 0.29) is 0 Å². The second kappa shape index (κ2) is 5.12. The van der Waals surface area contributed by atoms with E-state index < -0.39 is 5.97 Å². The fourth-order valence-electron chi connectivity index (χ4n) is 1.45. The lowest BCUT2D eigenvalue weighted by atomic mass is 10.00. The number of hydrogen-bond acceptors (Lipinski definition) is 1. The van der Waals surface area contributed by atoms with Crippen molar-refractivity contribution < 1.29 is 9.90 Å². The first-order valence-electron chi connectivity index (χ1n) is 4.75. The van der Waals surface area contributed by atoms with Gasteiger partial charge in [0.25, 0.3) is 0 Å². The molecule has 0 aliphatic carbocycles. The highest BCUT2D eigenvalue weighted by atomic mass is 79.9. The Morgan fingerprint density at radius 3 is 2.27 bits per heavy atom. The molecule has 0 aromatic heterocycles. The third kappa shape index (κ3) is 2.93. The van der Waals surface area contributed by atoms with Gasteiger partial charge in [-0.25, -0.2) is 4.79 Å². The summed E-state index contributed by atoms with van der Waals surface area (Å²) in [5, 5.41) is 8.99. The van der Waals surface area contributed by atoms with Crippen LogP contribution in [0.2, 0.25) is 0 Å². The molecule has 3 heteroatoms. The second-order valence-electron chi connectivity index (χ2n) is 3.27. The minimum absolute atomic E-state index is 0.470. The van der Waals surface area contributed by atoms with Crippen LogP contribution in [0.5, 0.6) is 0 Å². The molecule has 1 rings (SSSR count). The topological polar surface area (TPSA) is 37.3 Å². The molecule has 0 saturated heterocycles. The largest absolute Gasteiger partial charge is 0.478 e. The zero-order chi connectivity index (χ0) is 11.4. The highest BCUT2D eigenvalue weighted by Gasteiger charge is 2.09. The van der Waals surface area contributed by atoms with Gasteiger partial charge in [0.15, 0.2) is 0 Å². The average molecular weight is 269 g/mol. The summed E-state index contributed by atoms with van der Waals surface area (Å²) in [6.07, 6.45) is 0.539. The number of benzene rings is 1. The molecule has 1 aromatic carbocycles. The number of carboxylic acid groups (broad SMARTS) is 1. The lowest BCUT2D eigenvalue weighted by molar-refractivity contribution is -0.132. The van der Waals surface area contributed by atoms with Gasteiger partial charge in [-0.1, -0.05) is 35.0 Å². The normalized spacial score (nSPS) is 12.2. The third-order valence-electron chi connectivity index (χ3n) is 2.34. The molecule has 0 amide bonds. The van der Waals surface area contributed by atoms with Gasteiger partial charge in [-0.3, -0.25) is 0 Å². The van der Waals surface area contributed by atoms with Crippen molar-refractivity contribution in [2.24, 2.45) is 0 Å². The summed E-state index contributed by atoms with van der Waals surface area (Å²) in [6, 6.07) is 7.65. The first-order valence-corrected chi connectivity index (χ1v) is 5.54. The van der Waals surface area contributed by atoms with Gasteiger partial charge in [0.2, 0.25) is 0 Å². The zero-order valence-electron chi connectivity index (χ0n) is 8.75. The molecule has 0 fully saturated rings. The molecular weight excluding hydrogens is 256 g/mol. The van der Waals surface area contributed by atoms with E-state index in [1.54, 1.807) is 0 Å².